The van der Waals surface area contributed by atoms with E-state index in [1.807, 2.05) is 13.0 Å². The van der Waals surface area contributed by atoms with E-state index in [9.17, 15) is 13.2 Å². The molecule has 2 aromatic rings. The molecule has 1 atom stereocenters. The van der Waals surface area contributed by atoms with Crippen molar-refractivity contribution in [1.29, 1.82) is 0 Å². The maximum Gasteiger partial charge on any atom is 0.322 e. The Bertz CT molecular complexity index is 831. The van der Waals surface area contributed by atoms with Crippen molar-refractivity contribution in [2.75, 3.05) is 23.4 Å². The molecule has 1 aliphatic heterocycles. The molecule has 26 heavy (non-hydrogen) atoms. The summed E-state index contributed by atoms with van der Waals surface area (Å²) in [5, 5.41) is 2.81. The van der Waals surface area contributed by atoms with E-state index < -0.39 is 9.84 Å². The van der Waals surface area contributed by atoms with Crippen molar-refractivity contribution in [1.82, 2.24) is 4.90 Å². The molecule has 140 valence electrons. The van der Waals surface area contributed by atoms with Gasteiger partial charge >= 0.3 is 6.03 Å². The largest absolute Gasteiger partial charge is 0.486 e. The molecule has 1 aromatic carbocycles. The Morgan fingerprint density at radius 1 is 1.31 bits per heavy atom. The molecule has 0 radical (unpaired) electrons. The minimum Gasteiger partial charge on any atom is -0.486 e. The number of amides is 2. The van der Waals surface area contributed by atoms with Crippen LogP contribution < -0.4 is 10.1 Å². The minimum absolute atomic E-state index is 0.0355. The number of nitrogens with one attached hydrogen (secondary N) is 1. The molecular weight excluding hydrogens is 356 g/mol. The second-order valence-corrected chi connectivity index (χ2v) is 8.39. The molecule has 1 saturated heterocycles. The van der Waals surface area contributed by atoms with Crippen molar-refractivity contribution >= 4 is 21.6 Å². The van der Waals surface area contributed by atoms with Gasteiger partial charge in [0.2, 0.25) is 0 Å². The Morgan fingerprint density at radius 2 is 2.08 bits per heavy atom. The van der Waals surface area contributed by atoms with Gasteiger partial charge in [-0.2, -0.15) is 0 Å². The van der Waals surface area contributed by atoms with E-state index in [1.54, 1.807) is 41.5 Å². The summed E-state index contributed by atoms with van der Waals surface area (Å²) in [5.41, 5.74) is 0.625. The van der Waals surface area contributed by atoms with Gasteiger partial charge < -0.3 is 19.4 Å². The van der Waals surface area contributed by atoms with E-state index in [2.05, 4.69) is 5.32 Å². The van der Waals surface area contributed by atoms with Crippen molar-refractivity contribution in [2.24, 2.45) is 0 Å². The monoisotopic (exact) mass is 378 g/mol. The lowest BCUT2D eigenvalue weighted by molar-refractivity contribution is 0.197. The van der Waals surface area contributed by atoms with Crippen LogP contribution in [0.1, 0.15) is 19.1 Å². The molecule has 0 aliphatic carbocycles. The maximum absolute atomic E-state index is 12.5. The first-order chi connectivity index (χ1) is 12.5. The van der Waals surface area contributed by atoms with Crippen LogP contribution in [0.3, 0.4) is 0 Å². The number of rotatable bonds is 6. The fraction of sp³-hybridized carbons (Fsp3) is 0.389. The molecule has 1 fully saturated rings. The fourth-order valence-corrected chi connectivity index (χ4v) is 4.70. The number of carbonyl (C=O) groups excluding carboxylic acids is 1. The molecule has 7 nitrogen and oxygen atoms in total. The molecule has 0 bridgehead atoms. The average Bonchev–Trinajstić information content (AvgIpc) is 3.24. The molecule has 3 rings (SSSR count). The number of furan rings is 1. The summed E-state index contributed by atoms with van der Waals surface area (Å²) >= 11 is 0. The van der Waals surface area contributed by atoms with Gasteiger partial charge in [0.05, 0.1) is 17.8 Å². The molecule has 2 amide bonds. The van der Waals surface area contributed by atoms with Crippen LogP contribution in [-0.2, 0) is 16.4 Å². The van der Waals surface area contributed by atoms with Crippen molar-refractivity contribution in [3.05, 3.63) is 48.4 Å². The highest BCUT2D eigenvalue weighted by Crippen LogP contribution is 2.21. The number of urea groups is 1. The summed E-state index contributed by atoms with van der Waals surface area (Å²) in [6.07, 6.45) is 2.08. The summed E-state index contributed by atoms with van der Waals surface area (Å²) < 4.78 is 34.1. The van der Waals surface area contributed by atoms with Crippen LogP contribution in [0, 0.1) is 0 Å². The molecular formula is C18H22N2O5S. The van der Waals surface area contributed by atoms with Crippen LogP contribution in [0.2, 0.25) is 0 Å². The number of benzene rings is 1. The number of carbonyl (C=O) groups is 1. The smallest absolute Gasteiger partial charge is 0.322 e. The zero-order valence-corrected chi connectivity index (χ0v) is 15.4. The average molecular weight is 378 g/mol. The van der Waals surface area contributed by atoms with Gasteiger partial charge in [0.15, 0.2) is 9.84 Å². The third-order valence-electron chi connectivity index (χ3n) is 4.32. The van der Waals surface area contributed by atoms with Crippen molar-refractivity contribution in [2.45, 2.75) is 26.0 Å². The van der Waals surface area contributed by atoms with Crippen LogP contribution >= 0.6 is 0 Å². The topological polar surface area (TPSA) is 88.8 Å². The van der Waals surface area contributed by atoms with E-state index >= 15 is 0 Å². The second kappa shape index (κ2) is 7.82. The Labute approximate surface area is 152 Å². The SMILES string of the molecule is CCN(C(=O)Nc1ccc(OCc2ccco2)cc1)[C@@H]1CCS(=O)(=O)C1. The molecule has 2 heterocycles. The zero-order chi connectivity index (χ0) is 18.6. The van der Waals surface area contributed by atoms with Crippen LogP contribution in [0.15, 0.2) is 47.1 Å². The predicted octanol–water partition coefficient (Wildman–Crippen LogP) is 2.90. The molecule has 8 heteroatoms. The van der Waals surface area contributed by atoms with Crippen molar-refractivity contribution in [3.63, 3.8) is 0 Å². The van der Waals surface area contributed by atoms with Crippen molar-refractivity contribution < 1.29 is 22.4 Å². The van der Waals surface area contributed by atoms with Crippen LogP contribution in [0.25, 0.3) is 0 Å². The van der Waals surface area contributed by atoms with E-state index in [0.29, 0.717) is 31.0 Å². The molecule has 1 N–H and O–H groups in total. The van der Waals surface area contributed by atoms with Gasteiger partial charge in [-0.3, -0.25) is 0 Å². The lowest BCUT2D eigenvalue weighted by Crippen LogP contribution is -2.43. The van der Waals surface area contributed by atoms with Gasteiger partial charge in [0, 0.05) is 18.3 Å². The van der Waals surface area contributed by atoms with Gasteiger partial charge in [0.25, 0.3) is 0 Å². The summed E-state index contributed by atoms with van der Waals surface area (Å²) in [6, 6.07) is 10.1. The highest BCUT2D eigenvalue weighted by molar-refractivity contribution is 7.91. The molecule has 0 unspecified atom stereocenters. The Kier molecular flexibility index (Phi) is 5.51. The van der Waals surface area contributed by atoms with Gasteiger partial charge in [0.1, 0.15) is 18.1 Å². The second-order valence-electron chi connectivity index (χ2n) is 6.17. The maximum atomic E-state index is 12.5. The fourth-order valence-electron chi connectivity index (χ4n) is 2.97. The molecule has 0 saturated carbocycles. The Morgan fingerprint density at radius 3 is 2.65 bits per heavy atom. The lowest BCUT2D eigenvalue weighted by atomic mass is 10.2. The standard InChI is InChI=1S/C18H22N2O5S/c1-2-20(15-9-11-26(22,23)13-15)18(21)19-14-5-7-16(8-6-14)25-12-17-4-3-10-24-17/h3-8,10,15H,2,9,11-13H2,1H3,(H,19,21)/t15-/m1/s1. The zero-order valence-electron chi connectivity index (χ0n) is 14.6. The predicted molar refractivity (Wildman–Crippen MR) is 97.9 cm³/mol. The number of hydrogen-bond acceptors (Lipinski definition) is 5. The quantitative estimate of drug-likeness (QED) is 0.835. The van der Waals surface area contributed by atoms with Crippen LogP contribution in [0.4, 0.5) is 10.5 Å². The van der Waals surface area contributed by atoms with E-state index in [1.165, 1.54) is 0 Å². The third-order valence-corrected chi connectivity index (χ3v) is 6.07. The molecule has 0 spiro atoms. The van der Waals surface area contributed by atoms with Crippen LogP contribution in [0.5, 0.6) is 5.75 Å². The van der Waals surface area contributed by atoms with Gasteiger partial charge in [-0.15, -0.1) is 0 Å². The number of nitrogens with zero attached hydrogens (tertiary/aromatic N) is 1. The summed E-state index contributed by atoms with van der Waals surface area (Å²) in [5.74, 6) is 1.57. The number of ether oxygens (including phenoxy) is 1. The summed E-state index contributed by atoms with van der Waals surface area (Å²) in [4.78, 5) is 14.1. The first-order valence-corrected chi connectivity index (χ1v) is 10.3. The van der Waals surface area contributed by atoms with E-state index in [4.69, 9.17) is 9.15 Å². The van der Waals surface area contributed by atoms with Gasteiger partial charge in [-0.25, -0.2) is 13.2 Å². The first-order valence-electron chi connectivity index (χ1n) is 8.50. The van der Waals surface area contributed by atoms with Crippen LogP contribution in [-0.4, -0.2) is 43.4 Å². The number of sulfone groups is 1. The Hall–Kier alpha value is -2.48. The van der Waals surface area contributed by atoms with E-state index in [0.717, 1.165) is 5.76 Å². The molecule has 1 aliphatic rings. The first kappa shape index (κ1) is 18.3. The summed E-state index contributed by atoms with van der Waals surface area (Å²) in [6.45, 7) is 2.63. The van der Waals surface area contributed by atoms with Gasteiger partial charge in [-0.05, 0) is 49.7 Å². The van der Waals surface area contributed by atoms with Crippen molar-refractivity contribution in [3.8, 4) is 5.75 Å². The van der Waals surface area contributed by atoms with E-state index in [-0.39, 0.29) is 23.6 Å². The third kappa shape index (κ3) is 4.57. The minimum atomic E-state index is -3.03. The lowest BCUT2D eigenvalue weighted by Gasteiger charge is -2.27. The van der Waals surface area contributed by atoms with Gasteiger partial charge in [-0.1, -0.05) is 0 Å². The molecule has 1 aromatic heterocycles. The normalized spacial score (nSPS) is 18.4. The highest BCUT2D eigenvalue weighted by Gasteiger charge is 2.33. The highest BCUT2D eigenvalue weighted by atomic mass is 32.2. The number of hydrogen-bond donors (Lipinski definition) is 1. The summed E-state index contributed by atoms with van der Waals surface area (Å²) in [7, 11) is -3.03. The Balaban J connectivity index is 1.56. The number of anilines is 1.